The maximum atomic E-state index is 12.4. The van der Waals surface area contributed by atoms with Crippen LogP contribution in [0, 0.1) is 0 Å². The summed E-state index contributed by atoms with van der Waals surface area (Å²) in [6, 6.07) is 10.3. The molecule has 0 radical (unpaired) electrons. The highest BCUT2D eigenvalue weighted by molar-refractivity contribution is 6.31. The summed E-state index contributed by atoms with van der Waals surface area (Å²) in [5, 5.41) is 2.84. The number of aromatic nitrogens is 2. The van der Waals surface area contributed by atoms with E-state index in [4.69, 9.17) is 23.1 Å². The fourth-order valence-electron chi connectivity index (χ4n) is 2.41. The first-order chi connectivity index (χ1) is 11.7. The number of nitrogen functional groups attached to an aromatic ring is 2. The number of anilines is 2. The molecule has 0 spiro atoms. The van der Waals surface area contributed by atoms with Gasteiger partial charge in [-0.25, -0.2) is 9.97 Å². The van der Waals surface area contributed by atoms with Crippen molar-refractivity contribution in [3.63, 3.8) is 0 Å². The van der Waals surface area contributed by atoms with Crippen LogP contribution in [0.1, 0.15) is 16.1 Å². The standard InChI is InChI=1S/C17H23ClN6O.HI/c1-24(2,3)12(9-11-7-5-4-6-8-11)10-21-17(25)13-15(19)23-16(20)14(18)22-13;/h4-8,12H,9-10H2,1-3H3,(H4-,19,20,21,23,25);1H/t12-;/m0./s1. The Labute approximate surface area is 175 Å². The van der Waals surface area contributed by atoms with Crippen LogP contribution in [0.4, 0.5) is 11.6 Å². The summed E-state index contributed by atoms with van der Waals surface area (Å²) in [6.07, 6.45) is 0.828. The van der Waals surface area contributed by atoms with Gasteiger partial charge in [-0.1, -0.05) is 41.9 Å². The summed E-state index contributed by atoms with van der Waals surface area (Å²) in [5.41, 5.74) is 12.5. The molecular formula is C17H24ClIN6O. The van der Waals surface area contributed by atoms with E-state index in [1.807, 2.05) is 18.2 Å². The zero-order valence-electron chi connectivity index (χ0n) is 15.0. The van der Waals surface area contributed by atoms with Crippen molar-refractivity contribution < 1.29 is 33.3 Å². The topological polar surface area (TPSA) is 107 Å². The quantitative estimate of drug-likeness (QED) is 0.332. The number of benzene rings is 1. The van der Waals surface area contributed by atoms with Gasteiger partial charge in [-0.15, -0.1) is 0 Å². The zero-order chi connectivity index (χ0) is 18.6. The van der Waals surface area contributed by atoms with Crippen LogP contribution < -0.4 is 40.8 Å². The average molecular weight is 491 g/mol. The third-order valence-electron chi connectivity index (χ3n) is 4.03. The molecule has 0 aliphatic carbocycles. The van der Waals surface area contributed by atoms with Gasteiger partial charge in [0.15, 0.2) is 22.5 Å². The Morgan fingerprint density at radius 2 is 1.77 bits per heavy atom. The van der Waals surface area contributed by atoms with Crippen LogP contribution >= 0.6 is 11.6 Å². The number of rotatable bonds is 6. The molecule has 1 amide bonds. The summed E-state index contributed by atoms with van der Waals surface area (Å²) in [4.78, 5) is 20.2. The second-order valence-corrected chi connectivity index (χ2v) is 7.16. The predicted octanol–water partition coefficient (Wildman–Crippen LogP) is -1.65. The van der Waals surface area contributed by atoms with Gasteiger partial charge in [-0.3, -0.25) is 4.79 Å². The van der Waals surface area contributed by atoms with Gasteiger partial charge in [-0.05, 0) is 5.56 Å². The normalized spacial score (nSPS) is 12.2. The maximum absolute atomic E-state index is 12.4. The Kier molecular flexibility index (Phi) is 8.04. The smallest absolute Gasteiger partial charge is 0.274 e. The van der Waals surface area contributed by atoms with Crippen molar-refractivity contribution in [2.24, 2.45) is 0 Å². The maximum Gasteiger partial charge on any atom is 0.274 e. The van der Waals surface area contributed by atoms with E-state index in [1.165, 1.54) is 5.56 Å². The van der Waals surface area contributed by atoms with E-state index in [9.17, 15) is 4.79 Å². The molecule has 142 valence electrons. The van der Waals surface area contributed by atoms with Crippen LogP contribution in [0.3, 0.4) is 0 Å². The number of nitrogens with zero attached hydrogens (tertiary/aromatic N) is 3. The molecule has 0 unspecified atom stereocenters. The van der Waals surface area contributed by atoms with Crippen molar-refractivity contribution in [1.82, 2.24) is 15.3 Å². The molecule has 0 aliphatic rings. The summed E-state index contributed by atoms with van der Waals surface area (Å²) < 4.78 is 0.693. The van der Waals surface area contributed by atoms with E-state index in [-0.39, 0.29) is 52.5 Å². The van der Waals surface area contributed by atoms with E-state index >= 15 is 0 Å². The van der Waals surface area contributed by atoms with Gasteiger partial charge in [0, 0.05) is 6.42 Å². The average Bonchev–Trinajstić information content (AvgIpc) is 2.54. The predicted molar refractivity (Wildman–Crippen MR) is 100 cm³/mol. The molecule has 1 aromatic carbocycles. The van der Waals surface area contributed by atoms with E-state index < -0.39 is 5.91 Å². The van der Waals surface area contributed by atoms with Crippen molar-refractivity contribution in [2.45, 2.75) is 12.5 Å². The summed E-state index contributed by atoms with van der Waals surface area (Å²) in [6.45, 7) is 0.459. The monoisotopic (exact) mass is 490 g/mol. The van der Waals surface area contributed by atoms with Crippen LogP contribution in [0.25, 0.3) is 0 Å². The Bertz CT molecular complexity index is 751. The van der Waals surface area contributed by atoms with E-state index in [0.717, 1.165) is 6.42 Å². The van der Waals surface area contributed by atoms with E-state index in [1.54, 1.807) is 0 Å². The Morgan fingerprint density at radius 1 is 1.15 bits per heavy atom. The largest absolute Gasteiger partial charge is 1.00 e. The molecule has 0 saturated heterocycles. The summed E-state index contributed by atoms with van der Waals surface area (Å²) in [7, 11) is 6.27. The lowest BCUT2D eigenvalue weighted by Gasteiger charge is -2.34. The Morgan fingerprint density at radius 3 is 2.35 bits per heavy atom. The fraction of sp³-hybridized carbons (Fsp3) is 0.353. The molecule has 9 heteroatoms. The number of nitrogens with one attached hydrogen (secondary N) is 1. The highest BCUT2D eigenvalue weighted by Crippen LogP contribution is 2.17. The second-order valence-electron chi connectivity index (χ2n) is 6.80. The van der Waals surface area contributed by atoms with Crippen LogP contribution in [0.15, 0.2) is 30.3 Å². The zero-order valence-corrected chi connectivity index (χ0v) is 18.0. The lowest BCUT2D eigenvalue weighted by molar-refractivity contribution is -0.894. The van der Waals surface area contributed by atoms with Gasteiger partial charge in [0.05, 0.1) is 27.7 Å². The Hall–Kier alpha value is -1.65. The highest BCUT2D eigenvalue weighted by Gasteiger charge is 2.26. The van der Waals surface area contributed by atoms with Gasteiger partial charge >= 0.3 is 0 Å². The molecule has 1 atom stereocenters. The van der Waals surface area contributed by atoms with Gasteiger partial charge in [0.1, 0.15) is 6.04 Å². The number of carbonyl (C=O) groups is 1. The molecule has 1 heterocycles. The van der Waals surface area contributed by atoms with Crippen molar-refractivity contribution in [3.8, 4) is 0 Å². The van der Waals surface area contributed by atoms with E-state index in [0.29, 0.717) is 11.0 Å². The van der Waals surface area contributed by atoms with Crippen LogP contribution in [-0.4, -0.2) is 54.1 Å². The van der Waals surface area contributed by atoms with Crippen LogP contribution in [0.5, 0.6) is 0 Å². The molecule has 0 aliphatic heterocycles. The lowest BCUT2D eigenvalue weighted by atomic mass is 10.0. The number of hydrogen-bond donors (Lipinski definition) is 3. The first-order valence-electron chi connectivity index (χ1n) is 7.90. The second kappa shape index (κ2) is 9.33. The molecule has 2 aromatic rings. The number of halogens is 2. The summed E-state index contributed by atoms with van der Waals surface area (Å²) >= 11 is 5.84. The third-order valence-corrected chi connectivity index (χ3v) is 4.31. The molecule has 0 saturated carbocycles. The van der Waals surface area contributed by atoms with Crippen LogP contribution in [-0.2, 0) is 6.42 Å². The van der Waals surface area contributed by atoms with Gasteiger partial charge in [0.25, 0.3) is 5.91 Å². The molecule has 0 fully saturated rings. The SMILES string of the molecule is C[N+](C)(C)[C@H](CNC(=O)c1nc(Cl)c(N)nc1N)Cc1ccccc1.[I-]. The number of carbonyl (C=O) groups excluding carboxylic acids is 1. The minimum atomic E-state index is -0.418. The Balaban J connectivity index is 0.00000338. The molecule has 7 nitrogen and oxygen atoms in total. The van der Waals surface area contributed by atoms with Gasteiger partial charge < -0.3 is 45.2 Å². The van der Waals surface area contributed by atoms with Crippen molar-refractivity contribution in [3.05, 3.63) is 46.7 Å². The summed E-state index contributed by atoms with van der Waals surface area (Å²) in [5.74, 6) is -0.452. The minimum Gasteiger partial charge on any atom is -1.00 e. The molecule has 26 heavy (non-hydrogen) atoms. The number of nitrogens with two attached hydrogens (primary N) is 2. The fourth-order valence-corrected chi connectivity index (χ4v) is 2.54. The van der Waals surface area contributed by atoms with Crippen LogP contribution in [0.2, 0.25) is 5.15 Å². The van der Waals surface area contributed by atoms with Gasteiger partial charge in [-0.2, -0.15) is 0 Å². The molecule has 2 rings (SSSR count). The van der Waals surface area contributed by atoms with Gasteiger partial charge in [0.2, 0.25) is 0 Å². The first-order valence-corrected chi connectivity index (χ1v) is 8.28. The highest BCUT2D eigenvalue weighted by atomic mass is 127. The molecule has 0 bridgehead atoms. The molecule has 1 aromatic heterocycles. The minimum absolute atomic E-state index is 0. The first kappa shape index (κ1) is 22.4. The molecular weight excluding hydrogens is 467 g/mol. The number of quaternary nitrogens is 1. The number of likely N-dealkylation sites (N-methyl/N-ethyl adjacent to an activating group) is 1. The number of hydrogen-bond acceptors (Lipinski definition) is 5. The van der Waals surface area contributed by atoms with Crippen molar-refractivity contribution in [1.29, 1.82) is 0 Å². The third kappa shape index (κ3) is 5.96. The lowest BCUT2D eigenvalue weighted by Crippen LogP contribution is -3.00. The van der Waals surface area contributed by atoms with Crippen molar-refractivity contribution in [2.75, 3.05) is 39.2 Å². The molecule has 5 N–H and O–H groups in total. The number of amides is 1. The van der Waals surface area contributed by atoms with E-state index in [2.05, 4.69) is 48.6 Å². The van der Waals surface area contributed by atoms with Crippen molar-refractivity contribution >= 4 is 29.1 Å².